The summed E-state index contributed by atoms with van der Waals surface area (Å²) in [6.07, 6.45) is 0.468. The van der Waals surface area contributed by atoms with Gasteiger partial charge in [0.05, 0.1) is 17.6 Å². The number of fused-ring (bicyclic) bond motifs is 1. The van der Waals surface area contributed by atoms with E-state index < -0.39 is 0 Å². The quantitative estimate of drug-likeness (QED) is 0.395. The Morgan fingerprint density at radius 1 is 0.970 bits per heavy atom. The predicted molar refractivity (Wildman–Crippen MR) is 132 cm³/mol. The maximum absolute atomic E-state index is 13.0. The number of aromatic nitrogens is 2. The lowest BCUT2D eigenvalue weighted by atomic mass is 10.1. The third-order valence-electron chi connectivity index (χ3n) is 6.39. The van der Waals surface area contributed by atoms with E-state index in [9.17, 15) is 4.79 Å². The summed E-state index contributed by atoms with van der Waals surface area (Å²) in [6, 6.07) is 22.5. The Balaban J connectivity index is 1.41. The molecule has 4 aromatic rings. The maximum atomic E-state index is 13.0. The molecule has 0 radical (unpaired) electrons. The van der Waals surface area contributed by atoms with Crippen LogP contribution in [-0.2, 0) is 11.3 Å². The summed E-state index contributed by atoms with van der Waals surface area (Å²) in [4.78, 5) is 19.9. The maximum Gasteiger partial charge on any atom is 0.227 e. The van der Waals surface area contributed by atoms with Gasteiger partial charge in [-0.15, -0.1) is 0 Å². The number of benzene rings is 3. The molecule has 0 N–H and O–H groups in total. The molecule has 1 fully saturated rings. The van der Waals surface area contributed by atoms with E-state index in [1.807, 2.05) is 41.3 Å². The Morgan fingerprint density at radius 3 is 2.61 bits per heavy atom. The van der Waals surface area contributed by atoms with Crippen molar-refractivity contribution in [3.8, 4) is 5.75 Å². The Bertz CT molecular complexity index is 1320. The Labute approximate surface area is 194 Å². The Hall–Kier alpha value is -3.60. The molecule has 0 aliphatic carbocycles. The zero-order chi connectivity index (χ0) is 22.9. The van der Waals surface area contributed by atoms with Crippen molar-refractivity contribution in [2.24, 2.45) is 0 Å². The van der Waals surface area contributed by atoms with Gasteiger partial charge in [-0.3, -0.25) is 4.79 Å². The van der Waals surface area contributed by atoms with Gasteiger partial charge in [-0.1, -0.05) is 42.0 Å². The van der Waals surface area contributed by atoms with Crippen LogP contribution in [0.1, 0.15) is 34.9 Å². The lowest BCUT2D eigenvalue weighted by Gasteiger charge is -2.20. The van der Waals surface area contributed by atoms with Crippen LogP contribution in [0.25, 0.3) is 11.0 Å². The number of carbonyl (C=O) groups is 1. The van der Waals surface area contributed by atoms with Crippen molar-refractivity contribution in [2.75, 3.05) is 18.1 Å². The molecule has 0 spiro atoms. The molecule has 1 amide bonds. The fourth-order valence-electron chi connectivity index (χ4n) is 4.82. The van der Waals surface area contributed by atoms with E-state index >= 15 is 0 Å². The van der Waals surface area contributed by atoms with Crippen molar-refractivity contribution in [1.29, 1.82) is 0 Å². The normalized spacial score (nSPS) is 16.0. The van der Waals surface area contributed by atoms with E-state index in [-0.39, 0.29) is 11.8 Å². The molecular weight excluding hydrogens is 410 g/mol. The summed E-state index contributed by atoms with van der Waals surface area (Å²) in [5.41, 5.74) is 6.55. The van der Waals surface area contributed by atoms with Crippen molar-refractivity contribution in [2.45, 2.75) is 39.7 Å². The van der Waals surface area contributed by atoms with Crippen molar-refractivity contribution in [3.05, 3.63) is 89.2 Å². The van der Waals surface area contributed by atoms with Gasteiger partial charge in [0.2, 0.25) is 5.91 Å². The molecule has 1 aliphatic heterocycles. The molecule has 168 valence electrons. The van der Waals surface area contributed by atoms with E-state index in [1.165, 1.54) is 11.1 Å². The predicted octanol–water partition coefficient (Wildman–Crippen LogP) is 5.56. The van der Waals surface area contributed by atoms with Gasteiger partial charge in [-0.2, -0.15) is 0 Å². The SMILES string of the molecule is Cc1cccc(OCCn2c(C3CC(=O)N(c4ccc(C)cc4C)C3)nc3ccccc32)c1. The average molecular weight is 440 g/mol. The van der Waals surface area contributed by atoms with Crippen LogP contribution < -0.4 is 9.64 Å². The third-order valence-corrected chi connectivity index (χ3v) is 6.39. The second-order valence-corrected chi connectivity index (χ2v) is 8.97. The molecule has 1 atom stereocenters. The summed E-state index contributed by atoms with van der Waals surface area (Å²) < 4.78 is 8.27. The molecule has 5 rings (SSSR count). The zero-order valence-electron chi connectivity index (χ0n) is 19.4. The van der Waals surface area contributed by atoms with Gasteiger partial charge in [0.25, 0.3) is 0 Å². The van der Waals surface area contributed by atoms with Gasteiger partial charge >= 0.3 is 0 Å². The molecule has 1 unspecified atom stereocenters. The number of nitrogens with zero attached hydrogens (tertiary/aromatic N) is 3. The molecule has 1 aromatic heterocycles. The second-order valence-electron chi connectivity index (χ2n) is 8.97. The van der Waals surface area contributed by atoms with Crippen molar-refractivity contribution in [1.82, 2.24) is 9.55 Å². The molecule has 2 heterocycles. The van der Waals surface area contributed by atoms with Crippen molar-refractivity contribution < 1.29 is 9.53 Å². The van der Waals surface area contributed by atoms with Gasteiger partial charge in [0.1, 0.15) is 18.2 Å². The van der Waals surface area contributed by atoms with Crippen LogP contribution in [0.2, 0.25) is 0 Å². The number of aryl methyl sites for hydroxylation is 3. The van der Waals surface area contributed by atoms with Crippen LogP contribution in [-0.4, -0.2) is 28.6 Å². The van der Waals surface area contributed by atoms with Crippen molar-refractivity contribution in [3.63, 3.8) is 0 Å². The largest absolute Gasteiger partial charge is 0.492 e. The first-order valence-corrected chi connectivity index (χ1v) is 11.5. The highest BCUT2D eigenvalue weighted by atomic mass is 16.5. The van der Waals surface area contributed by atoms with Gasteiger partial charge in [0, 0.05) is 24.6 Å². The first-order valence-electron chi connectivity index (χ1n) is 11.5. The summed E-state index contributed by atoms with van der Waals surface area (Å²) >= 11 is 0. The number of hydrogen-bond donors (Lipinski definition) is 0. The van der Waals surface area contributed by atoms with E-state index in [2.05, 4.69) is 55.7 Å². The molecule has 33 heavy (non-hydrogen) atoms. The summed E-state index contributed by atoms with van der Waals surface area (Å²) in [7, 11) is 0. The monoisotopic (exact) mass is 439 g/mol. The van der Waals surface area contributed by atoms with E-state index in [1.54, 1.807) is 0 Å². The summed E-state index contributed by atoms with van der Waals surface area (Å²) in [5.74, 6) is 2.04. The topological polar surface area (TPSA) is 47.4 Å². The second kappa shape index (κ2) is 8.74. The van der Waals surface area contributed by atoms with Crippen molar-refractivity contribution >= 4 is 22.6 Å². The third kappa shape index (κ3) is 4.23. The standard InChI is InChI=1S/C28H29N3O2/c1-19-7-6-8-23(16-19)33-14-13-30-26-10-5-4-9-24(26)29-28(30)22-17-27(32)31(18-22)25-12-11-20(2)15-21(25)3/h4-12,15-16,22H,13-14,17-18H2,1-3H3. The van der Waals surface area contributed by atoms with Gasteiger partial charge < -0.3 is 14.2 Å². The molecule has 3 aromatic carbocycles. The first kappa shape index (κ1) is 21.3. The fourth-order valence-corrected chi connectivity index (χ4v) is 4.82. The van der Waals surface area contributed by atoms with E-state index in [4.69, 9.17) is 9.72 Å². The molecule has 0 saturated carbocycles. The number of imidazole rings is 1. The Morgan fingerprint density at radius 2 is 1.79 bits per heavy atom. The number of rotatable bonds is 6. The van der Waals surface area contributed by atoms with Crippen LogP contribution in [0.5, 0.6) is 5.75 Å². The molecule has 0 bridgehead atoms. The molecule has 1 saturated heterocycles. The lowest BCUT2D eigenvalue weighted by molar-refractivity contribution is -0.117. The van der Waals surface area contributed by atoms with Crippen LogP contribution in [0, 0.1) is 20.8 Å². The minimum Gasteiger partial charge on any atom is -0.492 e. The van der Waals surface area contributed by atoms with Crippen LogP contribution in [0.15, 0.2) is 66.7 Å². The van der Waals surface area contributed by atoms with E-state index in [0.29, 0.717) is 26.1 Å². The number of hydrogen-bond acceptors (Lipinski definition) is 3. The summed E-state index contributed by atoms with van der Waals surface area (Å²) in [5, 5.41) is 0. The van der Waals surface area contributed by atoms with Gasteiger partial charge in [-0.25, -0.2) is 4.98 Å². The Kier molecular flexibility index (Phi) is 5.63. The number of carbonyl (C=O) groups excluding carboxylic acids is 1. The number of anilines is 1. The number of para-hydroxylation sites is 2. The molecule has 5 nitrogen and oxygen atoms in total. The lowest BCUT2D eigenvalue weighted by Crippen LogP contribution is -2.25. The highest BCUT2D eigenvalue weighted by Gasteiger charge is 2.35. The zero-order valence-corrected chi connectivity index (χ0v) is 19.4. The van der Waals surface area contributed by atoms with Gasteiger partial charge in [-0.05, 0) is 62.2 Å². The van der Waals surface area contributed by atoms with E-state index in [0.717, 1.165) is 33.9 Å². The minimum absolute atomic E-state index is 0.0459. The first-order chi connectivity index (χ1) is 16.0. The minimum atomic E-state index is 0.0459. The number of amides is 1. The highest BCUT2D eigenvalue weighted by Crippen LogP contribution is 2.34. The van der Waals surface area contributed by atoms with Gasteiger partial charge in [0.15, 0.2) is 0 Å². The van der Waals surface area contributed by atoms with Crippen LogP contribution >= 0.6 is 0 Å². The molecular formula is C28H29N3O2. The number of ether oxygens (including phenoxy) is 1. The molecule has 5 heteroatoms. The fraction of sp³-hybridized carbons (Fsp3) is 0.286. The highest BCUT2D eigenvalue weighted by molar-refractivity contribution is 5.97. The van der Waals surface area contributed by atoms with Crippen LogP contribution in [0.3, 0.4) is 0 Å². The summed E-state index contributed by atoms with van der Waals surface area (Å²) in [6.45, 7) is 8.07. The average Bonchev–Trinajstić information content (AvgIpc) is 3.35. The van der Waals surface area contributed by atoms with Crippen LogP contribution in [0.4, 0.5) is 5.69 Å². The molecule has 1 aliphatic rings. The smallest absolute Gasteiger partial charge is 0.227 e.